The summed E-state index contributed by atoms with van der Waals surface area (Å²) in [7, 11) is 0. The van der Waals surface area contributed by atoms with Gasteiger partial charge < -0.3 is 0 Å². The minimum Gasteiger partial charge on any atom is -0.268 e. The summed E-state index contributed by atoms with van der Waals surface area (Å²) in [5, 5.41) is 11.5. The Morgan fingerprint density at radius 1 is 1.30 bits per heavy atom. The van der Waals surface area contributed by atoms with Gasteiger partial charge in [0.25, 0.3) is 5.56 Å². The molecule has 20 heavy (non-hydrogen) atoms. The van der Waals surface area contributed by atoms with E-state index >= 15 is 0 Å². The van der Waals surface area contributed by atoms with Gasteiger partial charge in [-0.1, -0.05) is 19.4 Å². The van der Waals surface area contributed by atoms with Crippen molar-refractivity contribution in [1.82, 2.24) is 29.6 Å². The van der Waals surface area contributed by atoms with Crippen LogP contribution in [0.4, 0.5) is 0 Å². The van der Waals surface area contributed by atoms with Crippen molar-refractivity contribution in [2.45, 2.75) is 26.3 Å². The standard InChI is InChI=1S/C13H14N6O/c1-2-3-8-19-12(15-16-17-19)10-9-14-11-6-4-5-7-18(11)13(10)20/h4-7,9H,2-3,8H2,1H3. The summed E-state index contributed by atoms with van der Waals surface area (Å²) in [5.41, 5.74) is 0.854. The molecule has 0 aromatic carbocycles. The van der Waals surface area contributed by atoms with E-state index < -0.39 is 0 Å². The van der Waals surface area contributed by atoms with E-state index in [0.29, 0.717) is 23.6 Å². The lowest BCUT2D eigenvalue weighted by Gasteiger charge is -2.04. The first kappa shape index (κ1) is 12.5. The third kappa shape index (κ3) is 2.07. The average Bonchev–Trinajstić information content (AvgIpc) is 2.94. The van der Waals surface area contributed by atoms with Crippen LogP contribution in [0.3, 0.4) is 0 Å². The molecule has 3 aromatic rings. The maximum Gasteiger partial charge on any atom is 0.269 e. The Bertz CT molecular complexity index is 791. The Balaban J connectivity index is 2.13. The van der Waals surface area contributed by atoms with Gasteiger partial charge in [0, 0.05) is 18.9 Å². The number of tetrazole rings is 1. The van der Waals surface area contributed by atoms with E-state index in [1.54, 1.807) is 23.0 Å². The highest BCUT2D eigenvalue weighted by molar-refractivity contribution is 5.54. The average molecular weight is 270 g/mol. The van der Waals surface area contributed by atoms with Crippen molar-refractivity contribution in [2.75, 3.05) is 0 Å². The quantitative estimate of drug-likeness (QED) is 0.710. The smallest absolute Gasteiger partial charge is 0.268 e. The van der Waals surface area contributed by atoms with Crippen LogP contribution in [0, 0.1) is 0 Å². The summed E-state index contributed by atoms with van der Waals surface area (Å²) in [5.74, 6) is 0.467. The Labute approximate surface area is 114 Å². The lowest BCUT2D eigenvalue weighted by Crippen LogP contribution is -2.18. The maximum absolute atomic E-state index is 12.5. The third-order valence-corrected chi connectivity index (χ3v) is 3.11. The van der Waals surface area contributed by atoms with E-state index in [2.05, 4.69) is 27.4 Å². The van der Waals surface area contributed by atoms with Gasteiger partial charge in [-0.05, 0) is 29.0 Å². The number of hydrogen-bond acceptors (Lipinski definition) is 5. The fourth-order valence-electron chi connectivity index (χ4n) is 2.04. The minimum absolute atomic E-state index is 0.164. The van der Waals surface area contributed by atoms with Crippen molar-refractivity contribution in [2.24, 2.45) is 0 Å². The maximum atomic E-state index is 12.5. The van der Waals surface area contributed by atoms with Gasteiger partial charge >= 0.3 is 0 Å². The second kappa shape index (κ2) is 5.20. The van der Waals surface area contributed by atoms with Gasteiger partial charge in [0.2, 0.25) is 0 Å². The van der Waals surface area contributed by atoms with E-state index in [4.69, 9.17) is 0 Å². The number of rotatable bonds is 4. The largest absolute Gasteiger partial charge is 0.269 e. The molecule has 0 unspecified atom stereocenters. The normalized spacial score (nSPS) is 11.1. The third-order valence-electron chi connectivity index (χ3n) is 3.11. The van der Waals surface area contributed by atoms with Crippen LogP contribution in [-0.4, -0.2) is 29.6 Å². The molecule has 0 N–H and O–H groups in total. The van der Waals surface area contributed by atoms with Crippen LogP contribution < -0.4 is 5.56 Å². The lowest BCUT2D eigenvalue weighted by atomic mass is 10.3. The Hall–Kier alpha value is -2.57. The minimum atomic E-state index is -0.164. The molecular weight excluding hydrogens is 256 g/mol. The summed E-state index contributed by atoms with van der Waals surface area (Å²) in [4.78, 5) is 16.7. The summed E-state index contributed by atoms with van der Waals surface area (Å²) in [6, 6.07) is 5.41. The molecule has 7 heteroatoms. The molecule has 102 valence electrons. The van der Waals surface area contributed by atoms with Crippen LogP contribution in [-0.2, 0) is 6.54 Å². The van der Waals surface area contributed by atoms with Crippen LogP contribution in [0.2, 0.25) is 0 Å². The molecule has 0 aliphatic carbocycles. The van der Waals surface area contributed by atoms with Crippen LogP contribution in [0.1, 0.15) is 19.8 Å². The lowest BCUT2D eigenvalue weighted by molar-refractivity contribution is 0.557. The van der Waals surface area contributed by atoms with Gasteiger partial charge in [-0.15, -0.1) is 5.10 Å². The molecule has 0 radical (unpaired) electrons. The van der Waals surface area contributed by atoms with Crippen LogP contribution in [0.5, 0.6) is 0 Å². The molecule has 3 rings (SSSR count). The highest BCUT2D eigenvalue weighted by Gasteiger charge is 2.14. The number of nitrogens with zero attached hydrogens (tertiary/aromatic N) is 6. The zero-order chi connectivity index (χ0) is 13.9. The highest BCUT2D eigenvalue weighted by Crippen LogP contribution is 2.11. The fraction of sp³-hybridized carbons (Fsp3) is 0.308. The van der Waals surface area contributed by atoms with E-state index in [-0.39, 0.29) is 5.56 Å². The summed E-state index contributed by atoms with van der Waals surface area (Å²) in [6.07, 6.45) is 5.22. The van der Waals surface area contributed by atoms with Crippen LogP contribution >= 0.6 is 0 Å². The zero-order valence-corrected chi connectivity index (χ0v) is 11.1. The topological polar surface area (TPSA) is 78.0 Å². The Kier molecular flexibility index (Phi) is 3.24. The molecule has 0 saturated heterocycles. The molecule has 0 fully saturated rings. The molecule has 0 bridgehead atoms. The Morgan fingerprint density at radius 3 is 3.05 bits per heavy atom. The molecule has 0 aliphatic heterocycles. The molecule has 7 nitrogen and oxygen atoms in total. The monoisotopic (exact) mass is 270 g/mol. The van der Waals surface area contributed by atoms with Gasteiger partial charge in [-0.25, -0.2) is 9.67 Å². The predicted octanol–water partition coefficient (Wildman–Crippen LogP) is 1.15. The van der Waals surface area contributed by atoms with Crippen molar-refractivity contribution in [3.63, 3.8) is 0 Å². The van der Waals surface area contributed by atoms with Crippen molar-refractivity contribution in [1.29, 1.82) is 0 Å². The number of aryl methyl sites for hydroxylation is 1. The molecule has 0 aliphatic rings. The van der Waals surface area contributed by atoms with E-state index in [9.17, 15) is 4.79 Å². The van der Waals surface area contributed by atoms with Crippen LogP contribution in [0.25, 0.3) is 17.0 Å². The van der Waals surface area contributed by atoms with E-state index in [0.717, 1.165) is 12.8 Å². The van der Waals surface area contributed by atoms with Crippen molar-refractivity contribution < 1.29 is 0 Å². The molecule has 3 aromatic heterocycles. The molecule has 3 heterocycles. The van der Waals surface area contributed by atoms with E-state index in [1.165, 1.54) is 10.6 Å². The molecule has 0 atom stereocenters. The van der Waals surface area contributed by atoms with Crippen molar-refractivity contribution >= 4 is 5.65 Å². The zero-order valence-electron chi connectivity index (χ0n) is 11.1. The molecular formula is C13H14N6O. The fourth-order valence-corrected chi connectivity index (χ4v) is 2.04. The first-order valence-corrected chi connectivity index (χ1v) is 6.54. The Morgan fingerprint density at radius 2 is 2.20 bits per heavy atom. The first-order valence-electron chi connectivity index (χ1n) is 6.54. The summed E-state index contributed by atoms with van der Waals surface area (Å²) < 4.78 is 3.14. The van der Waals surface area contributed by atoms with Gasteiger partial charge in [0.05, 0.1) is 0 Å². The first-order chi connectivity index (χ1) is 9.81. The predicted molar refractivity (Wildman–Crippen MR) is 73.2 cm³/mol. The molecule has 0 saturated carbocycles. The molecule has 0 spiro atoms. The number of pyridine rings is 1. The highest BCUT2D eigenvalue weighted by atomic mass is 16.1. The SMILES string of the molecule is CCCCn1nnnc1-c1cnc2ccccn2c1=O. The van der Waals surface area contributed by atoms with Gasteiger partial charge in [-0.2, -0.15) is 0 Å². The van der Waals surface area contributed by atoms with E-state index in [1.807, 2.05) is 6.07 Å². The second-order valence-electron chi connectivity index (χ2n) is 4.49. The summed E-state index contributed by atoms with van der Waals surface area (Å²) in [6.45, 7) is 2.78. The number of fused-ring (bicyclic) bond motifs is 1. The van der Waals surface area contributed by atoms with Crippen molar-refractivity contribution in [3.05, 3.63) is 40.9 Å². The number of hydrogen-bond donors (Lipinski definition) is 0. The second-order valence-corrected chi connectivity index (χ2v) is 4.49. The van der Waals surface area contributed by atoms with Gasteiger partial charge in [0.1, 0.15) is 11.2 Å². The van der Waals surface area contributed by atoms with Crippen LogP contribution in [0.15, 0.2) is 35.4 Å². The number of aromatic nitrogens is 6. The van der Waals surface area contributed by atoms with Crippen molar-refractivity contribution in [3.8, 4) is 11.4 Å². The van der Waals surface area contributed by atoms with Gasteiger partial charge in [0.15, 0.2) is 5.82 Å². The molecule has 0 amide bonds. The summed E-state index contributed by atoms with van der Waals surface area (Å²) >= 11 is 0. The number of unbranched alkanes of at least 4 members (excludes halogenated alkanes) is 1. The van der Waals surface area contributed by atoms with Gasteiger partial charge in [-0.3, -0.25) is 9.20 Å².